The van der Waals surface area contributed by atoms with Crippen LogP contribution in [0.1, 0.15) is 30.9 Å². The lowest BCUT2D eigenvalue weighted by molar-refractivity contribution is 0.0510. The van der Waals surface area contributed by atoms with Gasteiger partial charge in [-0.1, -0.05) is 19.1 Å². The highest BCUT2D eigenvalue weighted by atomic mass is 16.5. The van der Waals surface area contributed by atoms with E-state index in [2.05, 4.69) is 30.9 Å². The molecule has 0 spiro atoms. The number of hydrogen-bond acceptors (Lipinski definition) is 3. The van der Waals surface area contributed by atoms with Gasteiger partial charge in [0.2, 0.25) is 0 Å². The zero-order valence-electron chi connectivity index (χ0n) is 11.5. The first-order valence-electron chi connectivity index (χ1n) is 6.88. The maximum absolute atomic E-state index is 5.86. The first-order valence-corrected chi connectivity index (χ1v) is 6.88. The van der Waals surface area contributed by atoms with Crippen LogP contribution in [-0.4, -0.2) is 30.7 Å². The predicted molar refractivity (Wildman–Crippen MR) is 75.5 cm³/mol. The molecule has 1 heterocycles. The molecule has 1 aromatic carbocycles. The minimum atomic E-state index is 0.391. The Kier molecular flexibility index (Phi) is 4.61. The minimum Gasteiger partial charge on any atom is -0.399 e. The van der Waals surface area contributed by atoms with Crippen molar-refractivity contribution in [2.45, 2.75) is 39.3 Å². The molecular formula is C15H24N2O. The maximum atomic E-state index is 5.86. The molecule has 0 amide bonds. The van der Waals surface area contributed by atoms with Gasteiger partial charge in [-0.05, 0) is 37.0 Å². The topological polar surface area (TPSA) is 38.5 Å². The summed E-state index contributed by atoms with van der Waals surface area (Å²) >= 11 is 0. The van der Waals surface area contributed by atoms with Crippen LogP contribution in [0.4, 0.5) is 5.69 Å². The van der Waals surface area contributed by atoms with E-state index in [-0.39, 0.29) is 0 Å². The van der Waals surface area contributed by atoms with Crippen LogP contribution in [0.2, 0.25) is 0 Å². The summed E-state index contributed by atoms with van der Waals surface area (Å²) < 4.78 is 5.80. The third-order valence-electron chi connectivity index (χ3n) is 3.63. The summed E-state index contributed by atoms with van der Waals surface area (Å²) in [7, 11) is 0. The van der Waals surface area contributed by atoms with E-state index in [1.807, 2.05) is 6.07 Å². The van der Waals surface area contributed by atoms with Crippen molar-refractivity contribution in [2.75, 3.05) is 25.4 Å². The van der Waals surface area contributed by atoms with Gasteiger partial charge in [-0.25, -0.2) is 0 Å². The number of nitrogens with zero attached hydrogens (tertiary/aromatic N) is 1. The number of aryl methyl sites for hydroxylation is 1. The van der Waals surface area contributed by atoms with Gasteiger partial charge in [-0.15, -0.1) is 0 Å². The van der Waals surface area contributed by atoms with E-state index in [0.717, 1.165) is 44.8 Å². The monoisotopic (exact) mass is 248 g/mol. The molecule has 1 saturated heterocycles. The number of benzene rings is 1. The lowest BCUT2D eigenvalue weighted by Gasteiger charge is -2.23. The van der Waals surface area contributed by atoms with Crippen LogP contribution in [0.25, 0.3) is 0 Å². The highest BCUT2D eigenvalue weighted by Gasteiger charge is 2.17. The number of hydrogen-bond donors (Lipinski definition) is 1. The van der Waals surface area contributed by atoms with Gasteiger partial charge in [0.15, 0.2) is 0 Å². The number of nitrogens with two attached hydrogens (primary N) is 1. The van der Waals surface area contributed by atoms with Gasteiger partial charge in [0.25, 0.3) is 0 Å². The summed E-state index contributed by atoms with van der Waals surface area (Å²) in [5.74, 6) is 0. The van der Waals surface area contributed by atoms with E-state index in [9.17, 15) is 0 Å². The molecule has 1 aromatic rings. The molecule has 0 aliphatic carbocycles. The second-order valence-corrected chi connectivity index (χ2v) is 5.18. The van der Waals surface area contributed by atoms with E-state index in [0.29, 0.717) is 6.10 Å². The Labute approximate surface area is 110 Å². The Hall–Kier alpha value is -1.06. The standard InChI is InChI=1S/C15H24N2O/c1-3-14-11-17(7-4-8-18-14)10-13-5-6-15(16)12(2)9-13/h5-6,9,14H,3-4,7-8,10-11,16H2,1-2H3. The van der Waals surface area contributed by atoms with Crippen LogP contribution in [0.15, 0.2) is 18.2 Å². The van der Waals surface area contributed by atoms with Gasteiger partial charge >= 0.3 is 0 Å². The molecule has 1 aliphatic heterocycles. The van der Waals surface area contributed by atoms with Crippen LogP contribution >= 0.6 is 0 Å². The molecule has 2 N–H and O–H groups in total. The summed E-state index contributed by atoms with van der Waals surface area (Å²) in [6.07, 6.45) is 2.62. The first-order chi connectivity index (χ1) is 8.69. The van der Waals surface area contributed by atoms with Crippen molar-refractivity contribution >= 4 is 5.69 Å². The fraction of sp³-hybridized carbons (Fsp3) is 0.600. The number of anilines is 1. The third-order valence-corrected chi connectivity index (χ3v) is 3.63. The van der Waals surface area contributed by atoms with Crippen molar-refractivity contribution in [2.24, 2.45) is 0 Å². The van der Waals surface area contributed by atoms with Gasteiger partial charge in [0, 0.05) is 31.9 Å². The quantitative estimate of drug-likeness (QED) is 0.836. The Morgan fingerprint density at radius 1 is 1.44 bits per heavy atom. The SMILES string of the molecule is CCC1CN(Cc2ccc(N)c(C)c2)CCCO1. The largest absolute Gasteiger partial charge is 0.399 e. The molecule has 1 unspecified atom stereocenters. The van der Waals surface area contributed by atoms with Crippen LogP contribution in [0.5, 0.6) is 0 Å². The molecule has 0 aromatic heterocycles. The highest BCUT2D eigenvalue weighted by molar-refractivity contribution is 5.47. The number of ether oxygens (including phenoxy) is 1. The molecule has 1 aliphatic rings. The van der Waals surface area contributed by atoms with Crippen LogP contribution in [-0.2, 0) is 11.3 Å². The second-order valence-electron chi connectivity index (χ2n) is 5.18. The Morgan fingerprint density at radius 2 is 2.28 bits per heavy atom. The van der Waals surface area contributed by atoms with E-state index < -0.39 is 0 Å². The molecule has 3 heteroatoms. The van der Waals surface area contributed by atoms with Crippen LogP contribution in [0.3, 0.4) is 0 Å². The van der Waals surface area contributed by atoms with Crippen molar-refractivity contribution in [1.82, 2.24) is 4.90 Å². The average molecular weight is 248 g/mol. The zero-order valence-corrected chi connectivity index (χ0v) is 11.5. The van der Waals surface area contributed by atoms with E-state index in [1.54, 1.807) is 0 Å². The van der Waals surface area contributed by atoms with Gasteiger partial charge in [-0.3, -0.25) is 4.90 Å². The fourth-order valence-electron chi connectivity index (χ4n) is 2.46. The number of nitrogen functional groups attached to an aromatic ring is 1. The normalized spacial score (nSPS) is 21.8. The van der Waals surface area contributed by atoms with Crippen molar-refractivity contribution in [3.05, 3.63) is 29.3 Å². The van der Waals surface area contributed by atoms with E-state index >= 15 is 0 Å². The summed E-state index contributed by atoms with van der Waals surface area (Å²) in [6.45, 7) is 8.33. The Bertz CT molecular complexity index is 392. The van der Waals surface area contributed by atoms with Gasteiger partial charge in [0.05, 0.1) is 6.10 Å². The fourth-order valence-corrected chi connectivity index (χ4v) is 2.46. The minimum absolute atomic E-state index is 0.391. The third kappa shape index (κ3) is 3.47. The van der Waals surface area contributed by atoms with E-state index in [4.69, 9.17) is 10.5 Å². The van der Waals surface area contributed by atoms with Crippen molar-refractivity contribution in [3.63, 3.8) is 0 Å². The zero-order chi connectivity index (χ0) is 13.0. The lowest BCUT2D eigenvalue weighted by atomic mass is 10.1. The Morgan fingerprint density at radius 3 is 3.00 bits per heavy atom. The molecule has 1 fully saturated rings. The van der Waals surface area contributed by atoms with Gasteiger partial charge in [0.1, 0.15) is 0 Å². The summed E-state index contributed by atoms with van der Waals surface area (Å²) in [5, 5.41) is 0. The molecule has 0 saturated carbocycles. The molecule has 2 rings (SSSR count). The summed E-state index contributed by atoms with van der Waals surface area (Å²) in [5.41, 5.74) is 9.25. The highest BCUT2D eigenvalue weighted by Crippen LogP contribution is 2.16. The van der Waals surface area contributed by atoms with Crippen molar-refractivity contribution in [1.29, 1.82) is 0 Å². The summed E-state index contributed by atoms with van der Waals surface area (Å²) in [4.78, 5) is 2.49. The van der Waals surface area contributed by atoms with Gasteiger partial charge < -0.3 is 10.5 Å². The molecule has 0 bridgehead atoms. The Balaban J connectivity index is 2.00. The molecular weight excluding hydrogens is 224 g/mol. The molecule has 3 nitrogen and oxygen atoms in total. The smallest absolute Gasteiger partial charge is 0.0699 e. The first kappa shape index (κ1) is 13.4. The van der Waals surface area contributed by atoms with Crippen molar-refractivity contribution in [3.8, 4) is 0 Å². The maximum Gasteiger partial charge on any atom is 0.0699 e. The average Bonchev–Trinajstić information content (AvgIpc) is 2.59. The molecule has 1 atom stereocenters. The molecule has 100 valence electrons. The van der Waals surface area contributed by atoms with Gasteiger partial charge in [-0.2, -0.15) is 0 Å². The number of rotatable bonds is 3. The lowest BCUT2D eigenvalue weighted by Crippen LogP contribution is -2.31. The van der Waals surface area contributed by atoms with Crippen LogP contribution in [0, 0.1) is 6.92 Å². The molecule has 18 heavy (non-hydrogen) atoms. The van der Waals surface area contributed by atoms with Crippen molar-refractivity contribution < 1.29 is 4.74 Å². The molecule has 0 radical (unpaired) electrons. The van der Waals surface area contributed by atoms with Crippen LogP contribution < -0.4 is 5.73 Å². The second kappa shape index (κ2) is 6.21. The predicted octanol–water partition coefficient (Wildman–Crippen LogP) is 2.58. The summed E-state index contributed by atoms with van der Waals surface area (Å²) in [6, 6.07) is 6.34. The van der Waals surface area contributed by atoms with E-state index in [1.165, 1.54) is 11.1 Å².